The zero-order valence-corrected chi connectivity index (χ0v) is 21.9. The molecule has 0 radical (unpaired) electrons. The predicted octanol–water partition coefficient (Wildman–Crippen LogP) is 6.09. The summed E-state index contributed by atoms with van der Waals surface area (Å²) in [7, 11) is 0. The molecule has 32 heavy (non-hydrogen) atoms. The minimum absolute atomic E-state index is 0.175. The van der Waals surface area contributed by atoms with E-state index in [1.807, 2.05) is 39.8 Å². The second kappa shape index (κ2) is 12.5. The van der Waals surface area contributed by atoms with Gasteiger partial charge in [0.15, 0.2) is 6.61 Å². The van der Waals surface area contributed by atoms with Crippen LogP contribution in [0.5, 0.6) is 5.75 Å². The van der Waals surface area contributed by atoms with Crippen molar-refractivity contribution in [3.8, 4) is 5.75 Å². The van der Waals surface area contributed by atoms with Crippen LogP contribution in [-0.2, 0) is 16.1 Å². The van der Waals surface area contributed by atoms with E-state index in [9.17, 15) is 9.59 Å². The van der Waals surface area contributed by atoms with E-state index in [-0.39, 0.29) is 25.0 Å². The molecule has 0 aliphatic rings. The highest BCUT2D eigenvalue weighted by Gasteiger charge is 2.29. The summed E-state index contributed by atoms with van der Waals surface area (Å²) in [5.74, 6) is 0.111. The molecule has 2 amide bonds. The molecule has 1 atom stereocenters. The van der Waals surface area contributed by atoms with E-state index in [1.54, 1.807) is 18.2 Å². The summed E-state index contributed by atoms with van der Waals surface area (Å²) in [5, 5.41) is 3.84. The summed E-state index contributed by atoms with van der Waals surface area (Å²) < 4.78 is 6.82. The van der Waals surface area contributed by atoms with Crippen LogP contribution >= 0.6 is 39.1 Å². The van der Waals surface area contributed by atoms with Crippen molar-refractivity contribution in [3.63, 3.8) is 0 Å². The second-order valence-corrected chi connectivity index (χ2v) is 9.27. The Morgan fingerprint density at radius 1 is 1.12 bits per heavy atom. The van der Waals surface area contributed by atoms with Gasteiger partial charge in [0.05, 0.1) is 0 Å². The maximum absolute atomic E-state index is 13.3. The van der Waals surface area contributed by atoms with Gasteiger partial charge < -0.3 is 15.0 Å². The summed E-state index contributed by atoms with van der Waals surface area (Å²) >= 11 is 15.9. The number of ether oxygens (including phenoxy) is 1. The predicted molar refractivity (Wildman–Crippen MR) is 134 cm³/mol. The SMILES string of the molecule is CCCNC(=O)[C@H](CC)N(Cc1ccc(Cl)cc1Cl)C(=O)COc1cc(C)c(Br)c(C)c1. The molecule has 8 heteroatoms. The minimum Gasteiger partial charge on any atom is -0.484 e. The number of nitrogens with one attached hydrogen (secondary N) is 1. The number of benzene rings is 2. The summed E-state index contributed by atoms with van der Waals surface area (Å²) in [5.41, 5.74) is 2.74. The van der Waals surface area contributed by atoms with Gasteiger partial charge in [0, 0.05) is 27.6 Å². The van der Waals surface area contributed by atoms with Crippen molar-refractivity contribution < 1.29 is 14.3 Å². The highest BCUT2D eigenvalue weighted by atomic mass is 79.9. The number of nitrogens with zero attached hydrogens (tertiary/aromatic N) is 1. The first-order valence-corrected chi connectivity index (χ1v) is 12.1. The monoisotopic (exact) mass is 542 g/mol. The fourth-order valence-corrected chi connectivity index (χ4v) is 4.03. The van der Waals surface area contributed by atoms with Crippen LogP contribution in [0.15, 0.2) is 34.8 Å². The van der Waals surface area contributed by atoms with Gasteiger partial charge in [-0.25, -0.2) is 0 Å². The summed E-state index contributed by atoms with van der Waals surface area (Å²) in [6.45, 7) is 8.32. The van der Waals surface area contributed by atoms with Crippen molar-refractivity contribution in [1.29, 1.82) is 0 Å². The highest BCUT2D eigenvalue weighted by Crippen LogP contribution is 2.27. The second-order valence-electron chi connectivity index (χ2n) is 7.63. The summed E-state index contributed by atoms with van der Waals surface area (Å²) in [6, 6.07) is 8.21. The minimum atomic E-state index is -0.641. The van der Waals surface area contributed by atoms with Gasteiger partial charge in [-0.3, -0.25) is 9.59 Å². The van der Waals surface area contributed by atoms with Gasteiger partial charge in [0.2, 0.25) is 5.91 Å². The molecule has 0 unspecified atom stereocenters. The van der Waals surface area contributed by atoms with Crippen LogP contribution in [0.3, 0.4) is 0 Å². The van der Waals surface area contributed by atoms with Crippen LogP contribution in [-0.4, -0.2) is 35.9 Å². The lowest BCUT2D eigenvalue weighted by Gasteiger charge is -2.31. The molecule has 0 heterocycles. The Morgan fingerprint density at radius 2 is 1.78 bits per heavy atom. The van der Waals surface area contributed by atoms with Gasteiger partial charge in [-0.1, -0.05) is 59.0 Å². The Labute approximate surface area is 208 Å². The number of hydrogen-bond acceptors (Lipinski definition) is 3. The third-order valence-electron chi connectivity index (χ3n) is 5.06. The van der Waals surface area contributed by atoms with Crippen molar-refractivity contribution in [2.45, 2.75) is 53.1 Å². The molecule has 0 saturated heterocycles. The Morgan fingerprint density at radius 3 is 2.34 bits per heavy atom. The highest BCUT2D eigenvalue weighted by molar-refractivity contribution is 9.10. The molecular formula is C24H29BrCl2N2O3. The third kappa shape index (κ3) is 7.12. The third-order valence-corrected chi connectivity index (χ3v) is 6.90. The number of aryl methyl sites for hydroxylation is 2. The molecule has 2 aromatic rings. The molecule has 0 bridgehead atoms. The molecule has 0 fully saturated rings. The molecule has 174 valence electrons. The normalized spacial score (nSPS) is 11.7. The smallest absolute Gasteiger partial charge is 0.261 e. The van der Waals surface area contributed by atoms with Crippen LogP contribution < -0.4 is 10.1 Å². The van der Waals surface area contributed by atoms with Gasteiger partial charge >= 0.3 is 0 Å². The standard InChI is InChI=1S/C24H29BrCl2N2O3/c1-5-9-28-24(31)21(6-2)29(13-17-7-8-18(26)12-20(17)27)22(30)14-32-19-10-15(3)23(25)16(4)11-19/h7-8,10-12,21H,5-6,9,13-14H2,1-4H3,(H,28,31)/t21-/m0/s1. The molecule has 0 saturated carbocycles. The van der Waals surface area contributed by atoms with Crippen LogP contribution in [0.1, 0.15) is 43.4 Å². The molecule has 5 nitrogen and oxygen atoms in total. The zero-order chi connectivity index (χ0) is 23.8. The number of carbonyl (C=O) groups excluding carboxylic acids is 2. The van der Waals surface area contributed by atoms with E-state index in [0.717, 1.165) is 22.0 Å². The van der Waals surface area contributed by atoms with Gasteiger partial charge in [-0.05, 0) is 67.6 Å². The Kier molecular flexibility index (Phi) is 10.3. The van der Waals surface area contributed by atoms with Crippen molar-refractivity contribution in [2.75, 3.05) is 13.2 Å². The van der Waals surface area contributed by atoms with E-state index in [4.69, 9.17) is 27.9 Å². The fourth-order valence-electron chi connectivity index (χ4n) is 3.34. The molecule has 0 spiro atoms. The molecule has 0 aromatic heterocycles. The average Bonchev–Trinajstić information content (AvgIpc) is 2.75. The summed E-state index contributed by atoms with van der Waals surface area (Å²) in [4.78, 5) is 27.6. The summed E-state index contributed by atoms with van der Waals surface area (Å²) in [6.07, 6.45) is 1.27. The maximum Gasteiger partial charge on any atom is 0.261 e. The van der Waals surface area contributed by atoms with Gasteiger partial charge in [-0.2, -0.15) is 0 Å². The van der Waals surface area contributed by atoms with E-state index in [1.165, 1.54) is 4.90 Å². The number of amides is 2. The molecule has 2 rings (SSSR count). The van der Waals surface area contributed by atoms with E-state index >= 15 is 0 Å². The fraction of sp³-hybridized carbons (Fsp3) is 0.417. The van der Waals surface area contributed by atoms with Crippen LogP contribution in [0.4, 0.5) is 0 Å². The van der Waals surface area contributed by atoms with Crippen LogP contribution in [0.25, 0.3) is 0 Å². The Balaban J connectivity index is 2.27. The van der Waals surface area contributed by atoms with Crippen molar-refractivity contribution in [1.82, 2.24) is 10.2 Å². The first-order chi connectivity index (χ1) is 15.2. The average molecular weight is 544 g/mol. The first-order valence-electron chi connectivity index (χ1n) is 10.6. The molecule has 0 aliphatic carbocycles. The van der Waals surface area contributed by atoms with Gasteiger partial charge in [0.1, 0.15) is 11.8 Å². The Hall–Kier alpha value is -1.76. The zero-order valence-electron chi connectivity index (χ0n) is 18.8. The van der Waals surface area contributed by atoms with E-state index in [2.05, 4.69) is 21.2 Å². The topological polar surface area (TPSA) is 58.6 Å². The van der Waals surface area contributed by atoms with E-state index < -0.39 is 6.04 Å². The Bertz CT molecular complexity index is 945. The lowest BCUT2D eigenvalue weighted by molar-refractivity contribution is -0.143. The lowest BCUT2D eigenvalue weighted by Crippen LogP contribution is -2.50. The largest absolute Gasteiger partial charge is 0.484 e. The van der Waals surface area contributed by atoms with Crippen LogP contribution in [0.2, 0.25) is 10.0 Å². The van der Waals surface area contributed by atoms with Gasteiger partial charge in [0.25, 0.3) is 5.91 Å². The lowest BCUT2D eigenvalue weighted by atomic mass is 10.1. The molecule has 2 aromatic carbocycles. The van der Waals surface area contributed by atoms with E-state index in [0.29, 0.717) is 34.3 Å². The first kappa shape index (κ1) is 26.5. The van der Waals surface area contributed by atoms with Crippen LogP contribution in [0, 0.1) is 13.8 Å². The number of halogens is 3. The molecule has 0 aliphatic heterocycles. The number of rotatable bonds is 10. The van der Waals surface area contributed by atoms with Crippen molar-refractivity contribution in [2.24, 2.45) is 0 Å². The number of hydrogen-bond donors (Lipinski definition) is 1. The number of carbonyl (C=O) groups is 2. The maximum atomic E-state index is 13.3. The van der Waals surface area contributed by atoms with Crippen molar-refractivity contribution >= 4 is 50.9 Å². The molecular weight excluding hydrogens is 515 g/mol. The molecule has 1 N–H and O–H groups in total. The quantitative estimate of drug-likeness (QED) is 0.394. The van der Waals surface area contributed by atoms with Gasteiger partial charge in [-0.15, -0.1) is 0 Å². The van der Waals surface area contributed by atoms with Crippen molar-refractivity contribution in [3.05, 3.63) is 61.5 Å².